The lowest BCUT2D eigenvalue weighted by atomic mass is 9.89. The summed E-state index contributed by atoms with van der Waals surface area (Å²) in [6.07, 6.45) is 1.59. The van der Waals surface area contributed by atoms with Gasteiger partial charge in [-0.15, -0.1) is 0 Å². The summed E-state index contributed by atoms with van der Waals surface area (Å²) >= 11 is 0. The molecule has 0 spiro atoms. The average molecular weight is 413 g/mol. The third kappa shape index (κ3) is 5.47. The Bertz CT molecular complexity index is 982. The van der Waals surface area contributed by atoms with E-state index in [9.17, 15) is 9.59 Å². The molecule has 1 amide bonds. The van der Waals surface area contributed by atoms with Crippen LogP contribution in [0.25, 0.3) is 0 Å². The Balaban J connectivity index is 1.38. The zero-order valence-corrected chi connectivity index (χ0v) is 17.7. The number of likely N-dealkylation sites (tertiary alicyclic amines) is 1. The molecule has 0 bridgehead atoms. The lowest BCUT2D eigenvalue weighted by Gasteiger charge is -2.32. The highest BCUT2D eigenvalue weighted by molar-refractivity contribution is 5.98. The molecule has 4 rings (SSSR count). The van der Waals surface area contributed by atoms with E-state index in [0.717, 1.165) is 42.7 Å². The van der Waals surface area contributed by atoms with Crippen molar-refractivity contribution in [1.29, 1.82) is 0 Å². The maximum atomic E-state index is 13.3. The number of nitrogens with zero attached hydrogens (tertiary/aromatic N) is 2. The first-order valence-electron chi connectivity index (χ1n) is 10.9. The van der Waals surface area contributed by atoms with Crippen LogP contribution in [0.5, 0.6) is 0 Å². The van der Waals surface area contributed by atoms with E-state index < -0.39 is 0 Å². The Labute approximate surface area is 184 Å². The predicted molar refractivity (Wildman–Crippen MR) is 124 cm³/mol. The van der Waals surface area contributed by atoms with Crippen molar-refractivity contribution in [3.05, 3.63) is 102 Å². The fourth-order valence-electron chi connectivity index (χ4n) is 4.17. The van der Waals surface area contributed by atoms with Gasteiger partial charge in [0, 0.05) is 17.2 Å². The normalized spacial score (nSPS) is 14.8. The van der Waals surface area contributed by atoms with Crippen molar-refractivity contribution in [2.24, 2.45) is 5.92 Å². The molecule has 1 aliphatic heterocycles. The predicted octanol–water partition coefficient (Wildman–Crippen LogP) is 4.81. The van der Waals surface area contributed by atoms with E-state index in [4.69, 9.17) is 0 Å². The lowest BCUT2D eigenvalue weighted by Crippen LogP contribution is -2.44. The van der Waals surface area contributed by atoms with Crippen LogP contribution >= 0.6 is 0 Å². The van der Waals surface area contributed by atoms with Gasteiger partial charge >= 0.3 is 0 Å². The van der Waals surface area contributed by atoms with Crippen molar-refractivity contribution in [3.63, 3.8) is 0 Å². The summed E-state index contributed by atoms with van der Waals surface area (Å²) in [5, 5.41) is 0. The quantitative estimate of drug-likeness (QED) is 0.523. The number of amides is 1. The molecule has 158 valence electrons. The second-order valence-corrected chi connectivity index (χ2v) is 8.08. The van der Waals surface area contributed by atoms with Gasteiger partial charge in [-0.25, -0.2) is 0 Å². The standard InChI is InChI=1S/C27H28N2O2/c30-26(29(25-14-8-3-9-15-25)20-22-10-4-1-5-11-22)21-28-18-16-24(17-19-28)27(31)23-12-6-2-7-13-23/h1-15,24H,16-21H2. The first-order valence-corrected chi connectivity index (χ1v) is 10.9. The first-order chi connectivity index (χ1) is 15.2. The summed E-state index contributed by atoms with van der Waals surface area (Å²) in [5.41, 5.74) is 2.80. The zero-order chi connectivity index (χ0) is 21.5. The van der Waals surface area contributed by atoms with E-state index >= 15 is 0 Å². The van der Waals surface area contributed by atoms with E-state index in [2.05, 4.69) is 4.90 Å². The van der Waals surface area contributed by atoms with Crippen LogP contribution in [0.2, 0.25) is 0 Å². The summed E-state index contributed by atoms with van der Waals surface area (Å²) in [6, 6.07) is 29.4. The third-order valence-corrected chi connectivity index (χ3v) is 5.93. The Morgan fingerprint density at radius 3 is 1.94 bits per heavy atom. The van der Waals surface area contributed by atoms with Gasteiger partial charge in [0.05, 0.1) is 13.1 Å². The van der Waals surface area contributed by atoms with Gasteiger partial charge in [0.15, 0.2) is 5.78 Å². The maximum Gasteiger partial charge on any atom is 0.241 e. The number of hydrogen-bond donors (Lipinski definition) is 0. The number of carbonyl (C=O) groups is 2. The van der Waals surface area contributed by atoms with Gasteiger partial charge < -0.3 is 4.90 Å². The molecule has 0 aromatic heterocycles. The molecular weight excluding hydrogens is 384 g/mol. The van der Waals surface area contributed by atoms with Crippen molar-refractivity contribution < 1.29 is 9.59 Å². The molecule has 3 aromatic carbocycles. The molecule has 0 unspecified atom stereocenters. The van der Waals surface area contributed by atoms with Crippen LogP contribution in [0.4, 0.5) is 5.69 Å². The molecule has 1 saturated heterocycles. The molecule has 3 aromatic rings. The summed E-state index contributed by atoms with van der Waals surface area (Å²) in [5.74, 6) is 0.354. The van der Waals surface area contributed by atoms with E-state index in [1.807, 2.05) is 95.9 Å². The number of rotatable bonds is 7. The minimum atomic E-state index is 0.0447. The van der Waals surface area contributed by atoms with Crippen LogP contribution in [0.15, 0.2) is 91.0 Å². The molecule has 0 atom stereocenters. The highest BCUT2D eigenvalue weighted by Gasteiger charge is 2.28. The van der Waals surface area contributed by atoms with Crippen LogP contribution in [0.3, 0.4) is 0 Å². The molecule has 0 saturated carbocycles. The fraction of sp³-hybridized carbons (Fsp3) is 0.259. The second kappa shape index (κ2) is 10.2. The van der Waals surface area contributed by atoms with Crippen molar-refractivity contribution in [2.75, 3.05) is 24.5 Å². The number of piperidine rings is 1. The highest BCUT2D eigenvalue weighted by atomic mass is 16.2. The van der Waals surface area contributed by atoms with E-state index in [1.54, 1.807) is 0 Å². The number of benzene rings is 3. The van der Waals surface area contributed by atoms with Crippen LogP contribution in [-0.4, -0.2) is 36.2 Å². The topological polar surface area (TPSA) is 40.6 Å². The minimum absolute atomic E-state index is 0.0447. The monoisotopic (exact) mass is 412 g/mol. The smallest absolute Gasteiger partial charge is 0.241 e. The van der Waals surface area contributed by atoms with Gasteiger partial charge in [-0.05, 0) is 43.6 Å². The molecule has 0 N–H and O–H groups in total. The molecular formula is C27H28N2O2. The van der Waals surface area contributed by atoms with Crippen LogP contribution < -0.4 is 4.90 Å². The van der Waals surface area contributed by atoms with E-state index in [-0.39, 0.29) is 17.6 Å². The van der Waals surface area contributed by atoms with Gasteiger partial charge in [-0.3, -0.25) is 14.5 Å². The van der Waals surface area contributed by atoms with Crippen molar-refractivity contribution in [1.82, 2.24) is 4.90 Å². The first kappa shape index (κ1) is 21.0. The Kier molecular flexibility index (Phi) is 6.90. The summed E-state index contributed by atoms with van der Waals surface area (Å²) in [4.78, 5) is 30.0. The SMILES string of the molecule is O=C(c1ccccc1)C1CCN(CC(=O)N(Cc2ccccc2)c2ccccc2)CC1. The van der Waals surface area contributed by atoms with Gasteiger partial charge in [0.2, 0.25) is 5.91 Å². The van der Waals surface area contributed by atoms with Gasteiger partial charge in [0.1, 0.15) is 0 Å². The second-order valence-electron chi connectivity index (χ2n) is 8.08. The zero-order valence-electron chi connectivity index (χ0n) is 17.7. The summed E-state index contributed by atoms with van der Waals surface area (Å²) < 4.78 is 0. The summed E-state index contributed by atoms with van der Waals surface area (Å²) in [6.45, 7) is 2.45. The third-order valence-electron chi connectivity index (χ3n) is 5.93. The van der Waals surface area contributed by atoms with Gasteiger partial charge in [0.25, 0.3) is 0 Å². The number of para-hydroxylation sites is 1. The molecule has 1 aliphatic rings. The number of Topliss-reactive ketones (excluding diaryl/α,β-unsaturated/α-hetero) is 1. The Morgan fingerprint density at radius 2 is 1.32 bits per heavy atom. The molecule has 31 heavy (non-hydrogen) atoms. The number of ketones is 1. The molecule has 0 radical (unpaired) electrons. The lowest BCUT2D eigenvalue weighted by molar-refractivity contribution is -0.120. The Morgan fingerprint density at radius 1 is 0.774 bits per heavy atom. The molecule has 1 fully saturated rings. The summed E-state index contributed by atoms with van der Waals surface area (Å²) in [7, 11) is 0. The van der Waals surface area contributed by atoms with Gasteiger partial charge in [-0.1, -0.05) is 78.9 Å². The van der Waals surface area contributed by atoms with Crippen molar-refractivity contribution >= 4 is 17.4 Å². The van der Waals surface area contributed by atoms with Crippen molar-refractivity contribution in [3.8, 4) is 0 Å². The van der Waals surface area contributed by atoms with Crippen LogP contribution in [0.1, 0.15) is 28.8 Å². The molecule has 4 nitrogen and oxygen atoms in total. The molecule has 1 heterocycles. The highest BCUT2D eigenvalue weighted by Crippen LogP contribution is 2.23. The average Bonchev–Trinajstić information content (AvgIpc) is 2.84. The Hall–Kier alpha value is -3.24. The largest absolute Gasteiger partial charge is 0.307 e. The van der Waals surface area contributed by atoms with Crippen LogP contribution in [0, 0.1) is 5.92 Å². The van der Waals surface area contributed by atoms with E-state index in [0.29, 0.717) is 13.1 Å². The van der Waals surface area contributed by atoms with Crippen LogP contribution in [-0.2, 0) is 11.3 Å². The fourth-order valence-corrected chi connectivity index (χ4v) is 4.17. The maximum absolute atomic E-state index is 13.3. The number of hydrogen-bond acceptors (Lipinski definition) is 3. The van der Waals surface area contributed by atoms with Gasteiger partial charge in [-0.2, -0.15) is 0 Å². The number of anilines is 1. The minimum Gasteiger partial charge on any atom is -0.307 e. The number of carbonyl (C=O) groups excluding carboxylic acids is 2. The molecule has 4 heteroatoms. The molecule has 0 aliphatic carbocycles. The van der Waals surface area contributed by atoms with E-state index in [1.165, 1.54) is 0 Å². The van der Waals surface area contributed by atoms with Crippen molar-refractivity contribution in [2.45, 2.75) is 19.4 Å².